The van der Waals surface area contributed by atoms with Crippen LogP contribution in [0.15, 0.2) is 54.1 Å². The zero-order chi connectivity index (χ0) is 21.7. The number of carbonyl (C=O) groups excluding carboxylic acids is 3. The van der Waals surface area contributed by atoms with E-state index in [9.17, 15) is 14.4 Å². The van der Waals surface area contributed by atoms with E-state index in [0.717, 1.165) is 0 Å². The van der Waals surface area contributed by atoms with Gasteiger partial charge >= 0.3 is 5.97 Å². The van der Waals surface area contributed by atoms with Gasteiger partial charge in [0, 0.05) is 5.56 Å². The molecule has 0 radical (unpaired) electrons. The van der Waals surface area contributed by atoms with Gasteiger partial charge in [-0.05, 0) is 38.1 Å². The van der Waals surface area contributed by atoms with Gasteiger partial charge in [0.15, 0.2) is 17.6 Å². The molecule has 8 nitrogen and oxygen atoms in total. The van der Waals surface area contributed by atoms with E-state index in [0.29, 0.717) is 17.0 Å². The number of methoxy groups -OCH3 is 1. The fraction of sp³-hybridized carbons (Fsp3) is 0.227. The summed E-state index contributed by atoms with van der Waals surface area (Å²) in [6.45, 7) is 3.47. The monoisotopic (exact) mass is 410 g/mol. The Balaban J connectivity index is 1.95. The van der Waals surface area contributed by atoms with E-state index in [1.54, 1.807) is 56.3 Å². The number of nitrogens with one attached hydrogen (secondary N) is 1. The number of hydrogen-bond acceptors (Lipinski definition) is 6. The number of hydrazine groups is 1. The minimum Gasteiger partial charge on any atom is -0.493 e. The van der Waals surface area contributed by atoms with Crippen LogP contribution in [-0.2, 0) is 19.1 Å². The lowest BCUT2D eigenvalue weighted by molar-refractivity contribution is -0.150. The normalized spacial score (nSPS) is 15.7. The highest BCUT2D eigenvalue weighted by molar-refractivity contribution is 6.31. The summed E-state index contributed by atoms with van der Waals surface area (Å²) >= 11 is 0. The second-order valence-corrected chi connectivity index (χ2v) is 6.37. The quantitative estimate of drug-likeness (QED) is 0.428. The Labute approximate surface area is 174 Å². The van der Waals surface area contributed by atoms with Crippen LogP contribution in [0.25, 0.3) is 6.08 Å². The zero-order valence-corrected chi connectivity index (χ0v) is 16.9. The van der Waals surface area contributed by atoms with Gasteiger partial charge < -0.3 is 14.2 Å². The maximum atomic E-state index is 12.8. The van der Waals surface area contributed by atoms with Crippen LogP contribution in [0.1, 0.15) is 19.4 Å². The van der Waals surface area contributed by atoms with E-state index in [1.165, 1.54) is 18.2 Å². The van der Waals surface area contributed by atoms with Crippen LogP contribution in [0, 0.1) is 0 Å². The van der Waals surface area contributed by atoms with Crippen LogP contribution in [0.5, 0.6) is 11.5 Å². The minimum absolute atomic E-state index is 0.0688. The average molecular weight is 410 g/mol. The number of carbonyl (C=O) groups is 3. The summed E-state index contributed by atoms with van der Waals surface area (Å²) in [5.41, 5.74) is 3.43. The van der Waals surface area contributed by atoms with E-state index in [2.05, 4.69) is 5.43 Å². The molecule has 0 aromatic heterocycles. The Hall–Kier alpha value is -3.81. The molecule has 0 unspecified atom stereocenters. The molecule has 2 amide bonds. The van der Waals surface area contributed by atoms with Crippen LogP contribution in [-0.4, -0.2) is 37.6 Å². The lowest BCUT2D eigenvalue weighted by atomic mass is 10.1. The summed E-state index contributed by atoms with van der Waals surface area (Å²) in [6.07, 6.45) is 0.503. The minimum atomic E-state index is -0.910. The Morgan fingerprint density at radius 2 is 1.87 bits per heavy atom. The molecule has 1 saturated heterocycles. The predicted octanol–water partition coefficient (Wildman–Crippen LogP) is 2.49. The lowest BCUT2D eigenvalue weighted by Gasteiger charge is -2.17. The number of nitrogens with zero attached hydrogens (tertiary/aromatic N) is 1. The van der Waals surface area contributed by atoms with Crippen LogP contribution in [0.3, 0.4) is 0 Å². The molecule has 1 heterocycles. The number of hydrogen-bond donors (Lipinski definition) is 1. The van der Waals surface area contributed by atoms with Gasteiger partial charge in [0.1, 0.15) is 5.57 Å². The van der Waals surface area contributed by atoms with Crippen molar-refractivity contribution in [3.8, 4) is 11.5 Å². The summed E-state index contributed by atoms with van der Waals surface area (Å²) in [5, 5.41) is 1.18. The fourth-order valence-corrected chi connectivity index (χ4v) is 2.89. The topological polar surface area (TPSA) is 94.2 Å². The third-order valence-corrected chi connectivity index (χ3v) is 4.35. The van der Waals surface area contributed by atoms with Crippen molar-refractivity contribution in [2.75, 3.05) is 18.7 Å². The standard InChI is InChI=1S/C22H22N2O6/c1-4-29-22(27)14(2)30-19-15(9-8-12-18(19)28-3)13-17-20(25)23-24(21(17)26)16-10-6-5-7-11-16/h5-14H,4H2,1-3H3,(H,23,25)/b17-13+/t14-/m0/s1. The van der Waals surface area contributed by atoms with Crippen LogP contribution >= 0.6 is 0 Å². The summed E-state index contributed by atoms with van der Waals surface area (Å²) in [5.74, 6) is -1.00. The second kappa shape index (κ2) is 9.13. The Morgan fingerprint density at radius 3 is 2.53 bits per heavy atom. The van der Waals surface area contributed by atoms with Gasteiger partial charge in [-0.1, -0.05) is 30.3 Å². The molecule has 2 aromatic rings. The van der Waals surface area contributed by atoms with E-state index in [-0.39, 0.29) is 17.9 Å². The number of ether oxygens (including phenoxy) is 3. The van der Waals surface area contributed by atoms with E-state index in [4.69, 9.17) is 14.2 Å². The lowest BCUT2D eigenvalue weighted by Crippen LogP contribution is -2.35. The number of anilines is 1. The van der Waals surface area contributed by atoms with E-state index in [1.807, 2.05) is 6.07 Å². The molecule has 2 aromatic carbocycles. The number of para-hydroxylation sites is 2. The Bertz CT molecular complexity index is 986. The SMILES string of the molecule is CCOC(=O)[C@H](C)Oc1c(/C=C2\C(=O)NN(c3ccccc3)C2=O)cccc1OC. The van der Waals surface area contributed by atoms with Crippen LogP contribution < -0.4 is 19.9 Å². The first-order valence-electron chi connectivity index (χ1n) is 9.38. The fourth-order valence-electron chi connectivity index (χ4n) is 2.89. The van der Waals surface area contributed by atoms with E-state index < -0.39 is 23.9 Å². The summed E-state index contributed by atoms with van der Waals surface area (Å²) in [6, 6.07) is 13.8. The van der Waals surface area contributed by atoms with Gasteiger partial charge in [-0.15, -0.1) is 0 Å². The molecule has 1 atom stereocenters. The molecular weight excluding hydrogens is 388 g/mol. The van der Waals surface area contributed by atoms with Gasteiger partial charge in [0.25, 0.3) is 11.8 Å². The van der Waals surface area contributed by atoms with Crippen LogP contribution in [0.2, 0.25) is 0 Å². The number of esters is 1. The molecule has 0 bridgehead atoms. The van der Waals surface area contributed by atoms with Gasteiger partial charge in [0.2, 0.25) is 0 Å². The van der Waals surface area contributed by atoms with Crippen molar-refractivity contribution in [3.63, 3.8) is 0 Å². The molecule has 8 heteroatoms. The summed E-state index contributed by atoms with van der Waals surface area (Å²) in [4.78, 5) is 37.3. The van der Waals surface area contributed by atoms with E-state index >= 15 is 0 Å². The van der Waals surface area contributed by atoms with Crippen molar-refractivity contribution >= 4 is 29.5 Å². The maximum absolute atomic E-state index is 12.8. The second-order valence-electron chi connectivity index (χ2n) is 6.37. The Morgan fingerprint density at radius 1 is 1.13 bits per heavy atom. The molecule has 0 saturated carbocycles. The molecular formula is C22H22N2O6. The van der Waals surface area contributed by atoms with Crippen molar-refractivity contribution in [2.45, 2.75) is 20.0 Å². The highest BCUT2D eigenvalue weighted by atomic mass is 16.6. The molecule has 0 aliphatic carbocycles. The van der Waals surface area contributed by atoms with Crippen molar-refractivity contribution in [2.24, 2.45) is 0 Å². The molecule has 0 spiro atoms. The zero-order valence-electron chi connectivity index (χ0n) is 16.9. The Kier molecular flexibility index (Phi) is 6.36. The number of benzene rings is 2. The van der Waals surface area contributed by atoms with Crippen LogP contribution in [0.4, 0.5) is 5.69 Å². The highest BCUT2D eigenvalue weighted by Gasteiger charge is 2.34. The average Bonchev–Trinajstić information content (AvgIpc) is 3.03. The third-order valence-electron chi connectivity index (χ3n) is 4.35. The number of rotatable bonds is 7. The first-order chi connectivity index (χ1) is 14.5. The van der Waals surface area contributed by atoms with Gasteiger partial charge in [-0.25, -0.2) is 9.80 Å². The summed E-state index contributed by atoms with van der Waals surface area (Å²) < 4.78 is 16.1. The van der Waals surface area contributed by atoms with Gasteiger partial charge in [-0.3, -0.25) is 15.0 Å². The highest BCUT2D eigenvalue weighted by Crippen LogP contribution is 2.34. The molecule has 1 aliphatic heterocycles. The van der Waals surface area contributed by atoms with Gasteiger partial charge in [0.05, 0.1) is 19.4 Å². The number of amides is 2. The largest absolute Gasteiger partial charge is 0.493 e. The first kappa shape index (κ1) is 20.9. The molecule has 1 N–H and O–H groups in total. The maximum Gasteiger partial charge on any atom is 0.347 e. The van der Waals surface area contributed by atoms with Gasteiger partial charge in [-0.2, -0.15) is 0 Å². The van der Waals surface area contributed by atoms with Crippen molar-refractivity contribution < 1.29 is 28.6 Å². The van der Waals surface area contributed by atoms with Crippen molar-refractivity contribution in [1.29, 1.82) is 0 Å². The summed E-state index contributed by atoms with van der Waals surface area (Å²) in [7, 11) is 1.46. The third kappa shape index (κ3) is 4.27. The first-order valence-corrected chi connectivity index (χ1v) is 9.38. The molecule has 1 aliphatic rings. The van der Waals surface area contributed by atoms with Crippen molar-refractivity contribution in [1.82, 2.24) is 5.43 Å². The molecule has 30 heavy (non-hydrogen) atoms. The predicted molar refractivity (Wildman–Crippen MR) is 110 cm³/mol. The molecule has 156 valence electrons. The molecule has 1 fully saturated rings. The van der Waals surface area contributed by atoms with Crippen molar-refractivity contribution in [3.05, 3.63) is 59.7 Å². The smallest absolute Gasteiger partial charge is 0.347 e. The molecule has 3 rings (SSSR count).